The summed E-state index contributed by atoms with van der Waals surface area (Å²) in [4.78, 5) is 2.66. The first-order valence-corrected chi connectivity index (χ1v) is 8.15. The highest BCUT2D eigenvalue weighted by Gasteiger charge is 2.40. The van der Waals surface area contributed by atoms with Gasteiger partial charge in [0.2, 0.25) is 0 Å². The smallest absolute Gasteiger partial charge is 0.122 e. The van der Waals surface area contributed by atoms with E-state index in [0.29, 0.717) is 5.92 Å². The predicted octanol–water partition coefficient (Wildman–Crippen LogP) is 3.02. The third-order valence-corrected chi connectivity index (χ3v) is 5.36. The summed E-state index contributed by atoms with van der Waals surface area (Å²) in [5.41, 5.74) is 1.81. The van der Waals surface area contributed by atoms with Crippen molar-refractivity contribution in [2.75, 3.05) is 26.2 Å². The molecule has 3 nitrogen and oxygen atoms in total. The van der Waals surface area contributed by atoms with Gasteiger partial charge in [0.25, 0.3) is 0 Å². The van der Waals surface area contributed by atoms with Crippen LogP contribution in [0.2, 0.25) is 0 Å². The first-order valence-electron chi connectivity index (χ1n) is 8.15. The van der Waals surface area contributed by atoms with E-state index < -0.39 is 0 Å². The van der Waals surface area contributed by atoms with Crippen LogP contribution in [0.1, 0.15) is 45.6 Å². The van der Waals surface area contributed by atoms with Gasteiger partial charge in [-0.2, -0.15) is 0 Å². The van der Waals surface area contributed by atoms with Gasteiger partial charge in [-0.25, -0.2) is 0 Å². The van der Waals surface area contributed by atoms with Crippen molar-refractivity contribution in [2.45, 2.75) is 51.1 Å². The molecule has 1 saturated heterocycles. The number of benzene rings is 1. The Morgan fingerprint density at radius 3 is 2.81 bits per heavy atom. The molecule has 2 unspecified atom stereocenters. The van der Waals surface area contributed by atoms with Gasteiger partial charge in [0.15, 0.2) is 0 Å². The number of piperazine rings is 1. The van der Waals surface area contributed by atoms with E-state index in [9.17, 15) is 0 Å². The fraction of sp³-hybridized carbons (Fsp3) is 0.667. The van der Waals surface area contributed by atoms with E-state index in [4.69, 9.17) is 4.74 Å². The minimum Gasteiger partial charge on any atom is -0.493 e. The molecule has 0 saturated carbocycles. The lowest BCUT2D eigenvalue weighted by molar-refractivity contribution is 0.0248. The minimum absolute atomic E-state index is 0.201. The average molecular weight is 288 g/mol. The topological polar surface area (TPSA) is 24.5 Å². The summed E-state index contributed by atoms with van der Waals surface area (Å²) >= 11 is 0. The Kier molecular flexibility index (Phi) is 3.74. The van der Waals surface area contributed by atoms with Gasteiger partial charge >= 0.3 is 0 Å². The van der Waals surface area contributed by atoms with Gasteiger partial charge in [-0.05, 0) is 33.3 Å². The van der Waals surface area contributed by atoms with Crippen molar-refractivity contribution in [2.24, 2.45) is 0 Å². The van der Waals surface area contributed by atoms with Crippen LogP contribution in [0.3, 0.4) is 0 Å². The minimum atomic E-state index is 0.201. The Morgan fingerprint density at radius 2 is 2.05 bits per heavy atom. The quantitative estimate of drug-likeness (QED) is 0.925. The van der Waals surface area contributed by atoms with Crippen molar-refractivity contribution in [1.29, 1.82) is 0 Å². The van der Waals surface area contributed by atoms with Crippen LogP contribution in [0.5, 0.6) is 5.75 Å². The number of rotatable bonds is 3. The molecule has 1 aromatic rings. The number of fused-ring (bicyclic) bond motifs is 1. The van der Waals surface area contributed by atoms with Crippen molar-refractivity contribution in [3.05, 3.63) is 29.8 Å². The molecule has 0 radical (unpaired) electrons. The third-order valence-electron chi connectivity index (χ3n) is 5.36. The van der Waals surface area contributed by atoms with Crippen molar-refractivity contribution in [3.8, 4) is 5.75 Å². The Hall–Kier alpha value is -1.06. The maximum atomic E-state index is 5.86. The van der Waals surface area contributed by atoms with Crippen molar-refractivity contribution in [1.82, 2.24) is 10.2 Å². The Bertz CT molecular complexity index is 514. The molecule has 0 aromatic heterocycles. The van der Waals surface area contributed by atoms with E-state index in [1.807, 2.05) is 0 Å². The van der Waals surface area contributed by atoms with E-state index >= 15 is 0 Å². The second-order valence-corrected chi connectivity index (χ2v) is 7.51. The standard InChI is InChI=1S/C18H28N2O/c1-5-18(4)13-20(17(2,3)12-19-18)10-14-11-21-16-9-7-6-8-15(14)16/h6-9,14,19H,5,10-13H2,1-4H3. The predicted molar refractivity (Wildman–Crippen MR) is 87.0 cm³/mol. The number of hydrogen-bond donors (Lipinski definition) is 1. The van der Waals surface area contributed by atoms with E-state index in [-0.39, 0.29) is 11.1 Å². The van der Waals surface area contributed by atoms with Crippen LogP contribution in [-0.4, -0.2) is 42.2 Å². The molecule has 0 spiro atoms. The molecule has 116 valence electrons. The number of hydrogen-bond acceptors (Lipinski definition) is 3. The second-order valence-electron chi connectivity index (χ2n) is 7.51. The average Bonchev–Trinajstić information content (AvgIpc) is 2.87. The van der Waals surface area contributed by atoms with Crippen molar-refractivity contribution < 1.29 is 4.74 Å². The molecule has 3 heteroatoms. The molecular weight excluding hydrogens is 260 g/mol. The van der Waals surface area contributed by atoms with Crippen LogP contribution in [-0.2, 0) is 0 Å². The maximum absolute atomic E-state index is 5.86. The fourth-order valence-electron chi connectivity index (χ4n) is 3.43. The lowest BCUT2D eigenvalue weighted by Crippen LogP contribution is -2.67. The molecule has 21 heavy (non-hydrogen) atoms. The zero-order valence-corrected chi connectivity index (χ0v) is 13.8. The van der Waals surface area contributed by atoms with Crippen LogP contribution in [0.15, 0.2) is 24.3 Å². The first kappa shape index (κ1) is 14.9. The van der Waals surface area contributed by atoms with Gasteiger partial charge in [0.05, 0.1) is 6.61 Å². The Balaban J connectivity index is 1.77. The summed E-state index contributed by atoms with van der Waals surface area (Å²) in [7, 11) is 0. The highest BCUT2D eigenvalue weighted by atomic mass is 16.5. The normalized spacial score (nSPS) is 31.7. The highest BCUT2D eigenvalue weighted by Crippen LogP contribution is 2.36. The van der Waals surface area contributed by atoms with Gasteiger partial charge in [-0.15, -0.1) is 0 Å². The molecule has 1 fully saturated rings. The van der Waals surface area contributed by atoms with Crippen LogP contribution < -0.4 is 10.1 Å². The van der Waals surface area contributed by atoms with E-state index in [1.165, 1.54) is 5.56 Å². The Morgan fingerprint density at radius 1 is 1.29 bits per heavy atom. The fourth-order valence-corrected chi connectivity index (χ4v) is 3.43. The van der Waals surface area contributed by atoms with Gasteiger partial charge in [-0.3, -0.25) is 4.90 Å². The lowest BCUT2D eigenvalue weighted by Gasteiger charge is -2.51. The summed E-state index contributed by atoms with van der Waals surface area (Å²) in [5.74, 6) is 1.58. The van der Waals surface area contributed by atoms with Crippen LogP contribution in [0.4, 0.5) is 0 Å². The molecule has 1 N–H and O–H groups in total. The SMILES string of the molecule is CCC1(C)CN(CC2COc3ccccc32)C(C)(C)CN1. The summed E-state index contributed by atoms with van der Waals surface area (Å²) in [6.45, 7) is 13.4. The number of ether oxygens (including phenoxy) is 1. The molecule has 2 aliphatic heterocycles. The molecule has 2 aliphatic rings. The van der Waals surface area contributed by atoms with Gasteiger partial charge in [0, 0.05) is 42.2 Å². The maximum Gasteiger partial charge on any atom is 0.122 e. The van der Waals surface area contributed by atoms with E-state index in [1.54, 1.807) is 0 Å². The van der Waals surface area contributed by atoms with Crippen LogP contribution in [0, 0.1) is 0 Å². The molecule has 0 aliphatic carbocycles. The molecule has 1 aromatic carbocycles. The van der Waals surface area contributed by atoms with Gasteiger partial charge in [-0.1, -0.05) is 25.1 Å². The molecule has 2 heterocycles. The third kappa shape index (κ3) is 2.82. The Labute approximate surface area is 128 Å². The van der Waals surface area contributed by atoms with E-state index in [2.05, 4.69) is 62.2 Å². The number of nitrogens with zero attached hydrogens (tertiary/aromatic N) is 1. The van der Waals surface area contributed by atoms with E-state index in [0.717, 1.165) is 38.4 Å². The first-order chi connectivity index (χ1) is 9.93. The molecule has 3 rings (SSSR count). The molecule has 2 atom stereocenters. The molecule has 0 amide bonds. The van der Waals surface area contributed by atoms with Crippen LogP contribution in [0.25, 0.3) is 0 Å². The van der Waals surface area contributed by atoms with Gasteiger partial charge in [0.1, 0.15) is 5.75 Å². The number of nitrogens with one attached hydrogen (secondary N) is 1. The summed E-state index contributed by atoms with van der Waals surface area (Å²) in [6, 6.07) is 8.50. The largest absolute Gasteiger partial charge is 0.493 e. The van der Waals surface area contributed by atoms with Crippen molar-refractivity contribution in [3.63, 3.8) is 0 Å². The van der Waals surface area contributed by atoms with Crippen LogP contribution >= 0.6 is 0 Å². The monoisotopic (exact) mass is 288 g/mol. The van der Waals surface area contributed by atoms with Gasteiger partial charge < -0.3 is 10.1 Å². The zero-order chi connectivity index (χ0) is 15.1. The lowest BCUT2D eigenvalue weighted by atomic mass is 9.87. The molecule has 0 bridgehead atoms. The molecular formula is C18H28N2O. The van der Waals surface area contributed by atoms with Crippen molar-refractivity contribution >= 4 is 0 Å². The summed E-state index contributed by atoms with van der Waals surface area (Å²) < 4.78 is 5.86. The number of para-hydroxylation sites is 1. The highest BCUT2D eigenvalue weighted by molar-refractivity contribution is 5.39. The summed E-state index contributed by atoms with van der Waals surface area (Å²) in [6.07, 6.45) is 1.16. The zero-order valence-electron chi connectivity index (χ0n) is 13.8. The summed E-state index contributed by atoms with van der Waals surface area (Å²) in [5, 5.41) is 3.74. The second kappa shape index (κ2) is 5.29.